The fourth-order valence-electron chi connectivity index (χ4n) is 3.64. The molecular weight excluding hydrogens is 270 g/mol. The minimum absolute atomic E-state index is 0.0377. The predicted molar refractivity (Wildman–Crippen MR) is 75.4 cm³/mol. The van der Waals surface area contributed by atoms with Gasteiger partial charge in [-0.25, -0.2) is 0 Å². The van der Waals surface area contributed by atoms with E-state index in [9.17, 15) is 19.5 Å². The van der Waals surface area contributed by atoms with Crippen LogP contribution in [0.25, 0.3) is 0 Å². The zero-order valence-corrected chi connectivity index (χ0v) is 11.7. The highest BCUT2D eigenvalue weighted by Gasteiger charge is 2.56. The first-order valence-electron chi connectivity index (χ1n) is 7.18. The van der Waals surface area contributed by atoms with Crippen molar-refractivity contribution in [2.45, 2.75) is 19.8 Å². The van der Waals surface area contributed by atoms with Gasteiger partial charge in [0.15, 0.2) is 0 Å². The smallest absolute Gasteiger partial charge is 0.307 e. The molecule has 2 amide bonds. The lowest BCUT2D eigenvalue weighted by Gasteiger charge is -2.32. The van der Waals surface area contributed by atoms with Crippen molar-refractivity contribution < 1.29 is 19.5 Å². The molecule has 0 radical (unpaired) electrons. The summed E-state index contributed by atoms with van der Waals surface area (Å²) in [5.74, 6) is -3.55. The maximum Gasteiger partial charge on any atom is 0.307 e. The highest BCUT2D eigenvalue weighted by atomic mass is 16.4. The molecular formula is C16H17NO4. The SMILES string of the molecule is C[C@@H]1CC[C@H](C(=O)O)[C@H]2C(=O)N(c3ccccc3)C(=O)[C@H]21. The van der Waals surface area contributed by atoms with Crippen molar-refractivity contribution in [3.8, 4) is 0 Å². The third-order valence-electron chi connectivity index (χ3n) is 4.71. The van der Waals surface area contributed by atoms with Crippen molar-refractivity contribution in [1.29, 1.82) is 0 Å². The summed E-state index contributed by atoms with van der Waals surface area (Å²) in [6.45, 7) is 1.93. The molecule has 0 aromatic heterocycles. The maximum atomic E-state index is 12.7. The Hall–Kier alpha value is -2.17. The lowest BCUT2D eigenvalue weighted by molar-refractivity contribution is -0.149. The van der Waals surface area contributed by atoms with E-state index in [-0.39, 0.29) is 17.7 Å². The Bertz CT molecular complexity index is 598. The number of carbonyl (C=O) groups is 3. The van der Waals surface area contributed by atoms with Gasteiger partial charge in [0.1, 0.15) is 0 Å². The van der Waals surface area contributed by atoms with Gasteiger partial charge < -0.3 is 5.11 Å². The second-order valence-corrected chi connectivity index (χ2v) is 5.90. The van der Waals surface area contributed by atoms with Crippen molar-refractivity contribution in [2.75, 3.05) is 4.90 Å². The van der Waals surface area contributed by atoms with Crippen molar-refractivity contribution in [3.63, 3.8) is 0 Å². The van der Waals surface area contributed by atoms with E-state index in [1.54, 1.807) is 24.3 Å². The third-order valence-corrected chi connectivity index (χ3v) is 4.71. The Morgan fingerprint density at radius 2 is 1.71 bits per heavy atom. The molecule has 1 heterocycles. The zero-order chi connectivity index (χ0) is 15.1. The van der Waals surface area contributed by atoms with Crippen molar-refractivity contribution in [1.82, 2.24) is 0 Å². The molecule has 5 nitrogen and oxygen atoms in total. The molecule has 5 heteroatoms. The molecule has 3 rings (SSSR count). The Balaban J connectivity index is 2.02. The molecule has 1 aliphatic heterocycles. The van der Waals surface area contributed by atoms with Gasteiger partial charge in [0.25, 0.3) is 0 Å². The normalized spacial score (nSPS) is 32.1. The second-order valence-electron chi connectivity index (χ2n) is 5.90. The molecule has 1 saturated carbocycles. The van der Waals surface area contributed by atoms with Gasteiger partial charge in [-0.05, 0) is 30.9 Å². The molecule has 4 atom stereocenters. The summed E-state index contributed by atoms with van der Waals surface area (Å²) in [7, 11) is 0. The molecule has 1 aliphatic carbocycles. The van der Waals surface area contributed by atoms with Gasteiger partial charge in [0.05, 0.1) is 23.4 Å². The van der Waals surface area contributed by atoms with Crippen LogP contribution in [0.5, 0.6) is 0 Å². The largest absolute Gasteiger partial charge is 0.481 e. The molecule has 1 aromatic carbocycles. The van der Waals surface area contributed by atoms with Gasteiger partial charge in [-0.2, -0.15) is 0 Å². The van der Waals surface area contributed by atoms with E-state index < -0.39 is 23.7 Å². The number of aliphatic carboxylic acids is 1. The van der Waals surface area contributed by atoms with Gasteiger partial charge in [0, 0.05) is 0 Å². The summed E-state index contributed by atoms with van der Waals surface area (Å²) in [5.41, 5.74) is 0.526. The second kappa shape index (κ2) is 4.98. The van der Waals surface area contributed by atoms with Crippen LogP contribution in [0.15, 0.2) is 30.3 Å². The third kappa shape index (κ3) is 2.04. The molecule has 2 fully saturated rings. The number of benzene rings is 1. The van der Waals surface area contributed by atoms with E-state index >= 15 is 0 Å². The monoisotopic (exact) mass is 287 g/mol. The van der Waals surface area contributed by atoms with Gasteiger partial charge in [-0.3, -0.25) is 19.3 Å². The molecule has 21 heavy (non-hydrogen) atoms. The molecule has 0 unspecified atom stereocenters. The number of amides is 2. The van der Waals surface area contributed by atoms with Crippen LogP contribution in [-0.4, -0.2) is 22.9 Å². The van der Waals surface area contributed by atoms with E-state index in [2.05, 4.69) is 0 Å². The van der Waals surface area contributed by atoms with E-state index in [1.165, 1.54) is 4.90 Å². The molecule has 2 aliphatic rings. The Kier molecular flexibility index (Phi) is 3.27. The molecule has 0 bridgehead atoms. The van der Waals surface area contributed by atoms with E-state index in [4.69, 9.17) is 0 Å². The number of anilines is 1. The van der Waals surface area contributed by atoms with Gasteiger partial charge in [-0.15, -0.1) is 0 Å². The van der Waals surface area contributed by atoms with Crippen molar-refractivity contribution >= 4 is 23.5 Å². The van der Waals surface area contributed by atoms with Crippen LogP contribution in [0, 0.1) is 23.7 Å². The summed E-state index contributed by atoms with van der Waals surface area (Å²) in [5, 5.41) is 9.35. The summed E-state index contributed by atoms with van der Waals surface area (Å²) in [6, 6.07) is 8.73. The highest BCUT2D eigenvalue weighted by molar-refractivity contribution is 6.22. The lowest BCUT2D eigenvalue weighted by atomic mass is 9.68. The molecule has 1 saturated heterocycles. The van der Waals surface area contributed by atoms with E-state index in [1.807, 2.05) is 13.0 Å². The number of nitrogens with zero attached hydrogens (tertiary/aromatic N) is 1. The Labute approximate surface area is 122 Å². The quantitative estimate of drug-likeness (QED) is 0.843. The average molecular weight is 287 g/mol. The van der Waals surface area contributed by atoms with Crippen LogP contribution in [0.1, 0.15) is 19.8 Å². The number of rotatable bonds is 2. The van der Waals surface area contributed by atoms with Gasteiger partial charge in [0.2, 0.25) is 11.8 Å². The summed E-state index contributed by atoms with van der Waals surface area (Å²) in [4.78, 5) is 37.9. The number of carboxylic acids is 1. The number of carbonyl (C=O) groups excluding carboxylic acids is 2. The topological polar surface area (TPSA) is 74.7 Å². The molecule has 0 spiro atoms. The Morgan fingerprint density at radius 1 is 1.10 bits per heavy atom. The predicted octanol–water partition coefficient (Wildman–Crippen LogP) is 1.92. The lowest BCUT2D eigenvalue weighted by Crippen LogP contribution is -2.39. The Morgan fingerprint density at radius 3 is 2.33 bits per heavy atom. The maximum absolute atomic E-state index is 12.7. The molecule has 1 N–H and O–H groups in total. The van der Waals surface area contributed by atoms with Gasteiger partial charge >= 0.3 is 5.97 Å². The minimum atomic E-state index is -0.979. The zero-order valence-electron chi connectivity index (χ0n) is 11.7. The number of carboxylic acid groups (broad SMARTS) is 1. The first-order chi connectivity index (χ1) is 10.0. The van der Waals surface area contributed by atoms with Crippen molar-refractivity contribution in [3.05, 3.63) is 30.3 Å². The van der Waals surface area contributed by atoms with Crippen LogP contribution >= 0.6 is 0 Å². The van der Waals surface area contributed by atoms with Crippen molar-refractivity contribution in [2.24, 2.45) is 23.7 Å². The first kappa shape index (κ1) is 13.8. The minimum Gasteiger partial charge on any atom is -0.481 e. The van der Waals surface area contributed by atoms with Gasteiger partial charge in [-0.1, -0.05) is 25.1 Å². The van der Waals surface area contributed by atoms with Crippen LogP contribution in [0.3, 0.4) is 0 Å². The fourth-order valence-corrected chi connectivity index (χ4v) is 3.64. The summed E-state index contributed by atoms with van der Waals surface area (Å²) < 4.78 is 0. The van der Waals surface area contributed by atoms with E-state index in [0.29, 0.717) is 18.5 Å². The number of hydrogen-bond donors (Lipinski definition) is 1. The number of para-hydroxylation sites is 1. The van der Waals surface area contributed by atoms with E-state index in [0.717, 1.165) is 0 Å². The van der Waals surface area contributed by atoms with Crippen LogP contribution < -0.4 is 4.90 Å². The molecule has 1 aromatic rings. The molecule has 110 valence electrons. The van der Waals surface area contributed by atoms with Crippen LogP contribution in [-0.2, 0) is 14.4 Å². The van der Waals surface area contributed by atoms with Crippen LogP contribution in [0.2, 0.25) is 0 Å². The highest BCUT2D eigenvalue weighted by Crippen LogP contribution is 2.46. The fraction of sp³-hybridized carbons (Fsp3) is 0.438. The first-order valence-corrected chi connectivity index (χ1v) is 7.18. The number of fused-ring (bicyclic) bond motifs is 1. The average Bonchev–Trinajstić information content (AvgIpc) is 2.73. The number of hydrogen-bond acceptors (Lipinski definition) is 3. The standard InChI is InChI=1S/C16H17NO4/c1-9-7-8-11(16(20)21)13-12(9)14(18)17(15(13)19)10-5-3-2-4-6-10/h2-6,9,11-13H,7-8H2,1H3,(H,20,21)/t9-,11+,12+,13-/m1/s1. The summed E-state index contributed by atoms with van der Waals surface area (Å²) >= 11 is 0. The number of imide groups is 1. The summed E-state index contributed by atoms with van der Waals surface area (Å²) in [6.07, 6.45) is 1.12. The van der Waals surface area contributed by atoms with Crippen LogP contribution in [0.4, 0.5) is 5.69 Å².